The van der Waals surface area contributed by atoms with E-state index >= 15 is 0 Å². The van der Waals surface area contributed by atoms with E-state index in [0.29, 0.717) is 0 Å². The molecule has 0 aromatic heterocycles. The van der Waals surface area contributed by atoms with Crippen LogP contribution in [-0.2, 0) is 5.41 Å². The summed E-state index contributed by atoms with van der Waals surface area (Å²) in [7, 11) is 0. The number of hydrogen-bond donors (Lipinski definition) is 0. The highest BCUT2D eigenvalue weighted by molar-refractivity contribution is 5.99. The molecule has 0 saturated carbocycles. The van der Waals surface area contributed by atoms with Gasteiger partial charge in [-0.2, -0.15) is 0 Å². The number of para-hydroxylation sites is 1. The normalized spacial score (nSPS) is 12.4. The van der Waals surface area contributed by atoms with E-state index in [1.165, 1.54) is 66.4 Å². The highest BCUT2D eigenvalue weighted by Crippen LogP contribution is 2.53. The number of hydrogen-bond acceptors (Lipinski definition) is 2. The number of fused-ring (bicyclic) bond motifs is 4. The Morgan fingerprint density at radius 3 is 1.17 bits per heavy atom. The Morgan fingerprint density at radius 1 is 0.286 bits per heavy atom. The first-order valence-electron chi connectivity index (χ1n) is 21.8. The quantitative estimate of drug-likeness (QED) is 0.143. The summed E-state index contributed by atoms with van der Waals surface area (Å²) in [6.45, 7) is 4.76. The second-order valence-corrected chi connectivity index (χ2v) is 17.0. The molecule has 0 amide bonds. The molecule has 0 bridgehead atoms. The van der Waals surface area contributed by atoms with E-state index in [2.05, 4.69) is 266 Å². The summed E-state index contributed by atoms with van der Waals surface area (Å²) in [6, 6.07) is 88.2. The lowest BCUT2D eigenvalue weighted by Crippen LogP contribution is -2.17. The van der Waals surface area contributed by atoms with Gasteiger partial charge in [0.25, 0.3) is 0 Å². The fourth-order valence-corrected chi connectivity index (χ4v) is 9.57. The number of anilines is 6. The molecular weight excluding hydrogens is 761 g/mol. The molecule has 0 spiro atoms. The molecule has 0 fully saturated rings. The molecule has 300 valence electrons. The Bertz CT molecular complexity index is 3200. The molecule has 0 N–H and O–H groups in total. The van der Waals surface area contributed by atoms with Gasteiger partial charge in [-0.1, -0.05) is 190 Å². The molecule has 0 atom stereocenters. The van der Waals surface area contributed by atoms with Crippen LogP contribution in [0.2, 0.25) is 0 Å². The van der Waals surface area contributed by atoms with Crippen LogP contribution in [0.5, 0.6) is 0 Å². The zero-order chi connectivity index (χ0) is 42.3. The average molecular weight is 807 g/mol. The third-order valence-electron chi connectivity index (χ3n) is 12.9. The minimum atomic E-state index is -0.254. The third kappa shape index (κ3) is 6.96. The SMILES string of the molecule is CC1(C)c2cc(N(c3ccccc3)c3ccc(-c4ccc(-c5ccccc5)cc4)cc3)ccc2-c2ccc(N(c3ccc(-c4ccccc4)cc3)c3cccc4ccccc34)cc21. The van der Waals surface area contributed by atoms with Crippen LogP contribution in [0.4, 0.5) is 34.1 Å². The highest BCUT2D eigenvalue weighted by atomic mass is 15.1. The fourth-order valence-electron chi connectivity index (χ4n) is 9.57. The van der Waals surface area contributed by atoms with Crippen LogP contribution < -0.4 is 9.80 Å². The van der Waals surface area contributed by atoms with Crippen molar-refractivity contribution in [2.24, 2.45) is 0 Å². The minimum absolute atomic E-state index is 0.254. The summed E-state index contributed by atoms with van der Waals surface area (Å²) in [5, 5.41) is 2.44. The van der Waals surface area contributed by atoms with Crippen molar-refractivity contribution in [1.82, 2.24) is 0 Å². The van der Waals surface area contributed by atoms with Gasteiger partial charge >= 0.3 is 0 Å². The Balaban J connectivity index is 0.959. The fraction of sp³-hybridized carbons (Fsp3) is 0.0492. The third-order valence-corrected chi connectivity index (χ3v) is 12.9. The lowest BCUT2D eigenvalue weighted by atomic mass is 9.82. The molecular formula is C61H46N2. The Morgan fingerprint density at radius 2 is 0.651 bits per heavy atom. The van der Waals surface area contributed by atoms with Crippen LogP contribution in [0.3, 0.4) is 0 Å². The molecule has 63 heavy (non-hydrogen) atoms. The topological polar surface area (TPSA) is 6.48 Å². The molecule has 0 unspecified atom stereocenters. The average Bonchev–Trinajstić information content (AvgIpc) is 3.57. The second kappa shape index (κ2) is 15.8. The van der Waals surface area contributed by atoms with Gasteiger partial charge in [0.2, 0.25) is 0 Å². The highest BCUT2D eigenvalue weighted by Gasteiger charge is 2.37. The molecule has 10 aromatic carbocycles. The summed E-state index contributed by atoms with van der Waals surface area (Å²) < 4.78 is 0. The van der Waals surface area contributed by atoms with E-state index in [4.69, 9.17) is 0 Å². The summed E-state index contributed by atoms with van der Waals surface area (Å²) in [4.78, 5) is 4.81. The van der Waals surface area contributed by atoms with Crippen molar-refractivity contribution in [3.8, 4) is 44.5 Å². The molecule has 2 nitrogen and oxygen atoms in total. The van der Waals surface area contributed by atoms with Crippen molar-refractivity contribution in [3.05, 3.63) is 254 Å². The first-order valence-corrected chi connectivity index (χ1v) is 21.8. The molecule has 1 aliphatic carbocycles. The van der Waals surface area contributed by atoms with Crippen LogP contribution in [0, 0.1) is 0 Å². The van der Waals surface area contributed by atoms with Gasteiger partial charge in [0.1, 0.15) is 0 Å². The van der Waals surface area contributed by atoms with Crippen LogP contribution in [0.15, 0.2) is 243 Å². The molecule has 2 heteroatoms. The van der Waals surface area contributed by atoms with Crippen molar-refractivity contribution in [2.45, 2.75) is 19.3 Å². The zero-order valence-corrected chi connectivity index (χ0v) is 35.5. The maximum Gasteiger partial charge on any atom is 0.0540 e. The van der Waals surface area contributed by atoms with E-state index in [9.17, 15) is 0 Å². The van der Waals surface area contributed by atoms with Crippen LogP contribution in [-0.4, -0.2) is 0 Å². The summed E-state index contributed by atoms with van der Waals surface area (Å²) in [5.41, 5.74) is 19.0. The van der Waals surface area contributed by atoms with E-state index in [1.54, 1.807) is 0 Å². The molecule has 0 heterocycles. The van der Waals surface area contributed by atoms with Crippen molar-refractivity contribution in [2.75, 3.05) is 9.80 Å². The predicted octanol–water partition coefficient (Wildman–Crippen LogP) is 17.1. The van der Waals surface area contributed by atoms with Crippen molar-refractivity contribution in [3.63, 3.8) is 0 Å². The summed E-state index contributed by atoms with van der Waals surface area (Å²) in [6.07, 6.45) is 0. The van der Waals surface area contributed by atoms with E-state index in [-0.39, 0.29) is 5.41 Å². The van der Waals surface area contributed by atoms with Crippen LogP contribution >= 0.6 is 0 Å². The van der Waals surface area contributed by atoms with E-state index < -0.39 is 0 Å². The van der Waals surface area contributed by atoms with Gasteiger partial charge in [0.15, 0.2) is 0 Å². The first-order chi connectivity index (χ1) is 31.0. The zero-order valence-electron chi connectivity index (χ0n) is 35.5. The largest absolute Gasteiger partial charge is 0.310 e. The molecule has 0 saturated heterocycles. The maximum atomic E-state index is 2.43. The lowest BCUT2D eigenvalue weighted by molar-refractivity contribution is 0.660. The lowest BCUT2D eigenvalue weighted by Gasteiger charge is -2.30. The van der Waals surface area contributed by atoms with Gasteiger partial charge < -0.3 is 9.80 Å². The van der Waals surface area contributed by atoms with E-state index in [0.717, 1.165) is 34.1 Å². The summed E-state index contributed by atoms with van der Waals surface area (Å²) in [5.74, 6) is 0. The monoisotopic (exact) mass is 806 g/mol. The van der Waals surface area contributed by atoms with Gasteiger partial charge in [-0.3, -0.25) is 0 Å². The summed E-state index contributed by atoms with van der Waals surface area (Å²) >= 11 is 0. The first kappa shape index (κ1) is 38.0. The second-order valence-electron chi connectivity index (χ2n) is 17.0. The molecule has 10 aromatic rings. The predicted molar refractivity (Wildman–Crippen MR) is 267 cm³/mol. The Labute approximate surface area is 370 Å². The van der Waals surface area contributed by atoms with Crippen LogP contribution in [0.1, 0.15) is 25.0 Å². The minimum Gasteiger partial charge on any atom is -0.310 e. The Kier molecular flexibility index (Phi) is 9.55. The van der Waals surface area contributed by atoms with Gasteiger partial charge in [0, 0.05) is 39.2 Å². The molecule has 1 aliphatic rings. The van der Waals surface area contributed by atoms with Crippen molar-refractivity contribution in [1.29, 1.82) is 0 Å². The van der Waals surface area contributed by atoms with Gasteiger partial charge in [-0.25, -0.2) is 0 Å². The number of rotatable bonds is 9. The number of benzene rings is 10. The standard InChI is InChI=1S/C61H46N2/c1-61(2)58-41-53(62(50-21-10-5-11-22-50)51-33-29-48(30-34-51)46-27-25-45(26-28-46)43-15-6-3-7-16-43)37-39-56(58)57-40-38-54(42-59(57)61)63(60-24-14-20-49-19-12-13-23-55(49)60)52-35-31-47(32-36-52)44-17-8-4-9-18-44/h3-42H,1-2H3. The van der Waals surface area contributed by atoms with Crippen molar-refractivity contribution < 1.29 is 0 Å². The molecule has 0 aliphatic heterocycles. The van der Waals surface area contributed by atoms with Gasteiger partial charge in [-0.15, -0.1) is 0 Å². The van der Waals surface area contributed by atoms with Crippen LogP contribution in [0.25, 0.3) is 55.3 Å². The maximum absolute atomic E-state index is 2.43. The van der Waals surface area contributed by atoms with Crippen molar-refractivity contribution >= 4 is 44.9 Å². The van der Waals surface area contributed by atoms with E-state index in [1.807, 2.05) is 0 Å². The molecule has 0 radical (unpaired) electrons. The number of nitrogens with zero attached hydrogens (tertiary/aromatic N) is 2. The molecule has 11 rings (SSSR count). The Hall–Kier alpha value is -7.94. The van der Waals surface area contributed by atoms with Gasteiger partial charge in [-0.05, 0) is 128 Å². The van der Waals surface area contributed by atoms with Gasteiger partial charge in [0.05, 0.1) is 5.69 Å². The smallest absolute Gasteiger partial charge is 0.0540 e.